The van der Waals surface area contributed by atoms with E-state index in [0.717, 1.165) is 42.0 Å². The van der Waals surface area contributed by atoms with Crippen LogP contribution in [0, 0.1) is 22.9 Å². The molecule has 31 heavy (non-hydrogen) atoms. The number of benzene rings is 1. The van der Waals surface area contributed by atoms with Crippen molar-refractivity contribution in [1.82, 2.24) is 19.4 Å². The third kappa shape index (κ3) is 3.65. The Kier molecular flexibility index (Phi) is 4.51. The van der Waals surface area contributed by atoms with Gasteiger partial charge in [-0.15, -0.1) is 0 Å². The number of nitrogens with zero attached hydrogens (tertiary/aromatic N) is 5. The number of aryl methyl sites for hydroxylation is 1. The molecule has 0 fully saturated rings. The molecule has 2 aliphatic rings. The Hall–Kier alpha value is -3.33. The third-order valence-electron chi connectivity index (χ3n) is 5.91. The second-order valence-electron chi connectivity index (χ2n) is 8.54. The number of fused-ring (bicyclic) bond motifs is 2. The van der Waals surface area contributed by atoms with Gasteiger partial charge in [-0.1, -0.05) is 6.07 Å². The minimum Gasteiger partial charge on any atom is -0.436 e. The van der Waals surface area contributed by atoms with Gasteiger partial charge in [-0.25, -0.2) is 4.39 Å². The monoisotopic (exact) mass is 423 g/mol. The van der Waals surface area contributed by atoms with Crippen LogP contribution in [-0.4, -0.2) is 43.0 Å². The van der Waals surface area contributed by atoms with Crippen molar-refractivity contribution in [1.29, 1.82) is 0 Å². The van der Waals surface area contributed by atoms with Crippen molar-refractivity contribution >= 4 is 5.82 Å². The molecule has 2 aromatic heterocycles. The number of imidazole rings is 1. The van der Waals surface area contributed by atoms with Crippen LogP contribution in [0.3, 0.4) is 0 Å². The lowest BCUT2D eigenvalue weighted by Crippen LogP contribution is -2.46. The maximum atomic E-state index is 13.4. The molecule has 3 aromatic rings. The van der Waals surface area contributed by atoms with E-state index in [1.807, 2.05) is 19.9 Å². The molecule has 160 valence electrons. The van der Waals surface area contributed by atoms with Gasteiger partial charge in [-0.2, -0.15) is 0 Å². The zero-order chi connectivity index (χ0) is 21.8. The van der Waals surface area contributed by atoms with Gasteiger partial charge in [0.2, 0.25) is 0 Å². The Morgan fingerprint density at radius 3 is 2.87 bits per heavy atom. The first-order chi connectivity index (χ1) is 14.8. The fourth-order valence-electron chi connectivity index (χ4n) is 4.51. The van der Waals surface area contributed by atoms with E-state index in [4.69, 9.17) is 9.72 Å². The highest BCUT2D eigenvalue weighted by molar-refractivity contribution is 5.64. The van der Waals surface area contributed by atoms with Gasteiger partial charge >= 0.3 is 11.8 Å². The topological polar surface area (TPSA) is 86.3 Å². The normalized spacial score (nSPS) is 20.2. The Labute approximate surface area is 178 Å². The van der Waals surface area contributed by atoms with E-state index in [2.05, 4.69) is 16.0 Å². The summed E-state index contributed by atoms with van der Waals surface area (Å²) in [4.78, 5) is 21.5. The van der Waals surface area contributed by atoms with Gasteiger partial charge in [0.05, 0.1) is 12.2 Å². The summed E-state index contributed by atoms with van der Waals surface area (Å²) >= 11 is 0. The highest BCUT2D eigenvalue weighted by Gasteiger charge is 2.41. The Morgan fingerprint density at radius 2 is 2.13 bits per heavy atom. The van der Waals surface area contributed by atoms with Crippen LogP contribution in [0.15, 0.2) is 36.5 Å². The van der Waals surface area contributed by atoms with Gasteiger partial charge in [0.1, 0.15) is 17.6 Å². The van der Waals surface area contributed by atoms with Crippen LogP contribution in [0.2, 0.25) is 0 Å². The lowest BCUT2D eigenvalue weighted by atomic mass is 9.99. The van der Waals surface area contributed by atoms with Crippen molar-refractivity contribution in [2.24, 2.45) is 0 Å². The van der Waals surface area contributed by atoms with Crippen LogP contribution in [0.1, 0.15) is 23.7 Å². The molecule has 0 saturated carbocycles. The van der Waals surface area contributed by atoms with Crippen molar-refractivity contribution in [2.45, 2.75) is 39.0 Å². The minimum atomic E-state index is -0.512. The molecule has 0 aliphatic carbocycles. The highest BCUT2D eigenvalue weighted by atomic mass is 19.1. The predicted octanol–water partition coefficient (Wildman–Crippen LogP) is 3.51. The van der Waals surface area contributed by atoms with Crippen LogP contribution in [-0.2, 0) is 19.5 Å². The quantitative estimate of drug-likeness (QED) is 0.472. The van der Waals surface area contributed by atoms with Crippen molar-refractivity contribution < 1.29 is 14.1 Å². The molecular formula is C22H22FN5O3. The summed E-state index contributed by atoms with van der Waals surface area (Å²) in [7, 11) is 0. The molecule has 2 aliphatic heterocycles. The van der Waals surface area contributed by atoms with Crippen LogP contribution in [0.25, 0.3) is 11.3 Å². The number of hydrogen-bond donors (Lipinski definition) is 0. The van der Waals surface area contributed by atoms with E-state index in [1.165, 1.54) is 23.9 Å². The molecule has 0 unspecified atom stereocenters. The molecule has 0 radical (unpaired) electrons. The zero-order valence-electron chi connectivity index (χ0n) is 17.3. The first kappa shape index (κ1) is 19.6. The number of hydrogen-bond acceptors (Lipinski definition) is 6. The SMILES string of the molecule is Cc1cc(F)ccc1-c1ccc2c(n1)CCN(C[C@@]1(C)Cn3cc([N+](=O)[O-])nc3O1)C2. The number of rotatable bonds is 4. The van der Waals surface area contributed by atoms with Gasteiger partial charge in [0.15, 0.2) is 0 Å². The summed E-state index contributed by atoms with van der Waals surface area (Å²) in [6.07, 6.45) is 2.24. The number of nitro groups is 1. The molecule has 9 heteroatoms. The number of aromatic nitrogens is 3. The Morgan fingerprint density at radius 1 is 1.29 bits per heavy atom. The smallest absolute Gasteiger partial charge is 0.415 e. The molecule has 0 amide bonds. The van der Waals surface area contributed by atoms with E-state index >= 15 is 0 Å². The molecule has 0 bridgehead atoms. The molecule has 5 rings (SSSR count). The van der Waals surface area contributed by atoms with Crippen LogP contribution in [0.4, 0.5) is 10.2 Å². The minimum absolute atomic E-state index is 0.192. The Balaban J connectivity index is 1.29. The summed E-state index contributed by atoms with van der Waals surface area (Å²) in [5, 5.41) is 10.9. The van der Waals surface area contributed by atoms with E-state index in [-0.39, 0.29) is 11.6 Å². The van der Waals surface area contributed by atoms with Crippen molar-refractivity contribution in [2.75, 3.05) is 13.1 Å². The second kappa shape index (κ2) is 7.12. The lowest BCUT2D eigenvalue weighted by Gasteiger charge is -2.34. The van der Waals surface area contributed by atoms with Crippen molar-refractivity contribution in [3.63, 3.8) is 0 Å². The third-order valence-corrected chi connectivity index (χ3v) is 5.91. The lowest BCUT2D eigenvalue weighted by molar-refractivity contribution is -0.389. The average Bonchev–Trinajstić information content (AvgIpc) is 3.23. The molecule has 1 atom stereocenters. The van der Waals surface area contributed by atoms with E-state index in [9.17, 15) is 14.5 Å². The molecule has 0 spiro atoms. The zero-order valence-corrected chi connectivity index (χ0v) is 17.3. The maximum absolute atomic E-state index is 13.4. The standard InChI is InChI=1S/C22H22FN5O3/c1-14-9-16(23)4-5-17(14)19-6-3-15-10-26(8-7-18(15)24-19)12-22(2)13-27-11-20(28(29)30)25-21(27)31-22/h3-6,9,11H,7-8,10,12-13H2,1-2H3/t22-/m0/s1. The second-order valence-corrected chi connectivity index (χ2v) is 8.54. The first-order valence-electron chi connectivity index (χ1n) is 10.2. The van der Waals surface area contributed by atoms with E-state index < -0.39 is 10.5 Å². The van der Waals surface area contributed by atoms with Gasteiger partial charge in [0, 0.05) is 42.3 Å². The molecular weight excluding hydrogens is 401 g/mol. The van der Waals surface area contributed by atoms with Crippen LogP contribution >= 0.6 is 0 Å². The van der Waals surface area contributed by atoms with Gasteiger partial charge in [-0.05, 0) is 54.2 Å². The average molecular weight is 423 g/mol. The Bertz CT molecular complexity index is 1170. The van der Waals surface area contributed by atoms with Crippen molar-refractivity contribution in [3.05, 3.63) is 69.3 Å². The van der Waals surface area contributed by atoms with Gasteiger partial charge in [-0.3, -0.25) is 14.5 Å². The van der Waals surface area contributed by atoms with E-state index in [1.54, 1.807) is 10.6 Å². The maximum Gasteiger partial charge on any atom is 0.415 e. The molecule has 1 aromatic carbocycles. The molecule has 0 saturated heterocycles. The molecule has 0 N–H and O–H groups in total. The fraction of sp³-hybridized carbons (Fsp3) is 0.364. The summed E-state index contributed by atoms with van der Waals surface area (Å²) < 4.78 is 21.1. The number of pyridine rings is 1. The molecule has 4 heterocycles. The summed E-state index contributed by atoms with van der Waals surface area (Å²) in [6, 6.07) is 9.16. The summed E-state index contributed by atoms with van der Waals surface area (Å²) in [6.45, 7) is 6.69. The number of halogens is 1. The predicted molar refractivity (Wildman–Crippen MR) is 111 cm³/mol. The van der Waals surface area contributed by atoms with Gasteiger partial charge < -0.3 is 14.9 Å². The van der Waals surface area contributed by atoms with Crippen LogP contribution in [0.5, 0.6) is 6.01 Å². The highest BCUT2D eigenvalue weighted by Crippen LogP contribution is 2.33. The summed E-state index contributed by atoms with van der Waals surface area (Å²) in [5.41, 5.74) is 4.43. The number of ether oxygens (including phenoxy) is 1. The van der Waals surface area contributed by atoms with Crippen molar-refractivity contribution in [3.8, 4) is 17.3 Å². The first-order valence-corrected chi connectivity index (χ1v) is 10.2. The molecule has 8 nitrogen and oxygen atoms in total. The summed E-state index contributed by atoms with van der Waals surface area (Å²) in [5.74, 6) is -0.434. The largest absolute Gasteiger partial charge is 0.436 e. The van der Waals surface area contributed by atoms with Gasteiger partial charge in [0.25, 0.3) is 0 Å². The van der Waals surface area contributed by atoms with Crippen LogP contribution < -0.4 is 4.74 Å². The fourth-order valence-corrected chi connectivity index (χ4v) is 4.51. The van der Waals surface area contributed by atoms with E-state index in [0.29, 0.717) is 19.1 Å².